The lowest BCUT2D eigenvalue weighted by Gasteiger charge is -2.30. The maximum atomic E-state index is 12.1. The van der Waals surface area contributed by atoms with Crippen molar-refractivity contribution in [2.45, 2.75) is 19.3 Å². The molecule has 2 rings (SSSR count). The highest BCUT2D eigenvalue weighted by Crippen LogP contribution is 2.19. The van der Waals surface area contributed by atoms with Gasteiger partial charge in [-0.05, 0) is 24.8 Å². The number of carbonyl (C=O) groups is 1. The molecular weight excluding hydrogens is 316 g/mol. The molecule has 1 heterocycles. The summed E-state index contributed by atoms with van der Waals surface area (Å²) in [5.41, 5.74) is 0.861. The number of rotatable bonds is 6. The molecule has 1 fully saturated rings. The lowest BCUT2D eigenvalue weighted by atomic mass is 9.98. The van der Waals surface area contributed by atoms with Crippen LogP contribution in [0.15, 0.2) is 24.3 Å². The SMILES string of the molecule is COc1ccccc1CC(=O)NCC1CCN(S(C)(=O)=O)CC1. The number of benzene rings is 1. The summed E-state index contributed by atoms with van der Waals surface area (Å²) >= 11 is 0. The number of carbonyl (C=O) groups excluding carboxylic acids is 1. The Labute approximate surface area is 137 Å². The molecule has 0 unspecified atom stereocenters. The van der Waals surface area contributed by atoms with Crippen LogP contribution in [0.25, 0.3) is 0 Å². The first-order valence-electron chi connectivity index (χ1n) is 7.74. The van der Waals surface area contributed by atoms with E-state index in [4.69, 9.17) is 4.74 Å². The van der Waals surface area contributed by atoms with E-state index in [1.807, 2.05) is 24.3 Å². The fourth-order valence-electron chi connectivity index (χ4n) is 2.79. The van der Waals surface area contributed by atoms with Gasteiger partial charge in [0.2, 0.25) is 15.9 Å². The van der Waals surface area contributed by atoms with Gasteiger partial charge in [0.25, 0.3) is 0 Å². The molecule has 6 nitrogen and oxygen atoms in total. The zero-order chi connectivity index (χ0) is 16.9. The number of hydrogen-bond donors (Lipinski definition) is 1. The fraction of sp³-hybridized carbons (Fsp3) is 0.562. The Bertz CT molecular complexity index is 637. The predicted molar refractivity (Wildman–Crippen MR) is 88.8 cm³/mol. The molecule has 0 aliphatic carbocycles. The Kier molecular flexibility index (Phi) is 6.01. The van der Waals surface area contributed by atoms with Crippen molar-refractivity contribution in [1.82, 2.24) is 9.62 Å². The lowest BCUT2D eigenvalue weighted by Crippen LogP contribution is -2.41. The third-order valence-corrected chi connectivity index (χ3v) is 5.48. The Morgan fingerprint density at radius 1 is 1.30 bits per heavy atom. The standard InChI is InChI=1S/C16H24N2O4S/c1-22-15-6-4-3-5-14(15)11-16(19)17-12-13-7-9-18(10-8-13)23(2,20)21/h3-6,13H,7-12H2,1-2H3,(H,17,19). The van der Waals surface area contributed by atoms with Crippen LogP contribution in [0.2, 0.25) is 0 Å². The normalized spacial score (nSPS) is 17.0. The summed E-state index contributed by atoms with van der Waals surface area (Å²) in [4.78, 5) is 12.1. The molecule has 1 aliphatic heterocycles. The second kappa shape index (κ2) is 7.79. The summed E-state index contributed by atoms with van der Waals surface area (Å²) in [5.74, 6) is 0.999. The number of piperidine rings is 1. The van der Waals surface area contributed by atoms with Crippen molar-refractivity contribution in [1.29, 1.82) is 0 Å². The van der Waals surface area contributed by atoms with Crippen LogP contribution in [-0.4, -0.2) is 51.6 Å². The molecule has 1 aromatic rings. The Balaban J connectivity index is 1.77. The third kappa shape index (κ3) is 5.21. The van der Waals surface area contributed by atoms with Gasteiger partial charge in [0.1, 0.15) is 5.75 Å². The van der Waals surface area contributed by atoms with Crippen LogP contribution < -0.4 is 10.1 Å². The van der Waals surface area contributed by atoms with E-state index in [1.54, 1.807) is 7.11 Å². The van der Waals surface area contributed by atoms with Gasteiger partial charge in [0.05, 0.1) is 19.8 Å². The maximum absolute atomic E-state index is 12.1. The van der Waals surface area contributed by atoms with Crippen molar-refractivity contribution in [2.24, 2.45) is 5.92 Å². The van der Waals surface area contributed by atoms with E-state index in [0.29, 0.717) is 31.3 Å². The molecule has 23 heavy (non-hydrogen) atoms. The second-order valence-corrected chi connectivity index (χ2v) is 7.88. The number of methoxy groups -OCH3 is 1. The van der Waals surface area contributed by atoms with E-state index >= 15 is 0 Å². The highest BCUT2D eigenvalue weighted by atomic mass is 32.2. The first-order chi connectivity index (χ1) is 10.9. The summed E-state index contributed by atoms with van der Waals surface area (Å²) in [5, 5.41) is 2.94. The number of hydrogen-bond acceptors (Lipinski definition) is 4. The first kappa shape index (κ1) is 17.7. The molecule has 0 atom stereocenters. The molecular formula is C16H24N2O4S. The third-order valence-electron chi connectivity index (χ3n) is 4.17. The molecule has 1 saturated heterocycles. The summed E-state index contributed by atoms with van der Waals surface area (Å²) in [7, 11) is -1.51. The minimum absolute atomic E-state index is 0.0416. The van der Waals surface area contributed by atoms with Gasteiger partial charge in [-0.25, -0.2) is 12.7 Å². The predicted octanol–water partition coefficient (Wildman–Crippen LogP) is 1.03. The minimum atomic E-state index is -3.10. The van der Waals surface area contributed by atoms with Crippen LogP contribution in [0.4, 0.5) is 0 Å². The van der Waals surface area contributed by atoms with Gasteiger partial charge < -0.3 is 10.1 Å². The van der Waals surface area contributed by atoms with Gasteiger partial charge in [-0.2, -0.15) is 0 Å². The number of amides is 1. The topological polar surface area (TPSA) is 75.7 Å². The van der Waals surface area contributed by atoms with E-state index < -0.39 is 10.0 Å². The number of ether oxygens (including phenoxy) is 1. The molecule has 7 heteroatoms. The van der Waals surface area contributed by atoms with Gasteiger partial charge in [-0.15, -0.1) is 0 Å². The smallest absolute Gasteiger partial charge is 0.224 e. The largest absolute Gasteiger partial charge is 0.496 e. The van der Waals surface area contributed by atoms with Gasteiger partial charge in [-0.3, -0.25) is 4.79 Å². The fourth-order valence-corrected chi connectivity index (χ4v) is 3.66. The highest BCUT2D eigenvalue weighted by molar-refractivity contribution is 7.88. The molecule has 128 valence electrons. The highest BCUT2D eigenvalue weighted by Gasteiger charge is 2.25. The van der Waals surface area contributed by atoms with Crippen LogP contribution in [0.5, 0.6) is 5.75 Å². The van der Waals surface area contributed by atoms with Gasteiger partial charge in [0, 0.05) is 25.2 Å². The summed E-state index contributed by atoms with van der Waals surface area (Å²) in [6, 6.07) is 7.47. The van der Waals surface area contributed by atoms with Crippen molar-refractivity contribution >= 4 is 15.9 Å². The van der Waals surface area contributed by atoms with Crippen molar-refractivity contribution in [3.05, 3.63) is 29.8 Å². The summed E-state index contributed by atoms with van der Waals surface area (Å²) in [6.07, 6.45) is 3.08. The summed E-state index contributed by atoms with van der Waals surface area (Å²) in [6.45, 7) is 1.66. The van der Waals surface area contributed by atoms with E-state index in [-0.39, 0.29) is 12.3 Å². The van der Waals surface area contributed by atoms with Crippen LogP contribution in [0.3, 0.4) is 0 Å². The summed E-state index contributed by atoms with van der Waals surface area (Å²) < 4.78 is 29.7. The number of nitrogens with zero attached hydrogens (tertiary/aromatic N) is 1. The molecule has 0 saturated carbocycles. The average molecular weight is 340 g/mol. The van der Waals surface area contributed by atoms with Crippen molar-refractivity contribution in [3.8, 4) is 5.75 Å². The Hall–Kier alpha value is -1.60. The molecule has 1 aliphatic rings. The van der Waals surface area contributed by atoms with Gasteiger partial charge in [-0.1, -0.05) is 18.2 Å². The Morgan fingerprint density at radius 3 is 2.57 bits per heavy atom. The lowest BCUT2D eigenvalue weighted by molar-refractivity contribution is -0.120. The molecule has 1 N–H and O–H groups in total. The number of para-hydroxylation sites is 1. The van der Waals surface area contributed by atoms with Crippen molar-refractivity contribution < 1.29 is 17.9 Å². The molecule has 1 amide bonds. The van der Waals surface area contributed by atoms with Gasteiger partial charge in [0.15, 0.2) is 0 Å². The molecule has 0 radical (unpaired) electrons. The van der Waals surface area contributed by atoms with Crippen LogP contribution in [0.1, 0.15) is 18.4 Å². The quantitative estimate of drug-likeness (QED) is 0.839. The number of nitrogens with one attached hydrogen (secondary N) is 1. The van der Waals surface area contributed by atoms with E-state index in [9.17, 15) is 13.2 Å². The van der Waals surface area contributed by atoms with E-state index in [0.717, 1.165) is 18.4 Å². The van der Waals surface area contributed by atoms with Crippen LogP contribution in [0, 0.1) is 5.92 Å². The zero-order valence-electron chi connectivity index (χ0n) is 13.6. The maximum Gasteiger partial charge on any atom is 0.224 e. The van der Waals surface area contributed by atoms with E-state index in [2.05, 4.69) is 5.32 Å². The monoisotopic (exact) mass is 340 g/mol. The van der Waals surface area contributed by atoms with Crippen molar-refractivity contribution in [2.75, 3.05) is 33.0 Å². The van der Waals surface area contributed by atoms with Crippen LogP contribution >= 0.6 is 0 Å². The Morgan fingerprint density at radius 2 is 1.96 bits per heavy atom. The van der Waals surface area contributed by atoms with Gasteiger partial charge >= 0.3 is 0 Å². The number of sulfonamides is 1. The molecule has 0 aromatic heterocycles. The molecule has 1 aromatic carbocycles. The van der Waals surface area contributed by atoms with Crippen molar-refractivity contribution in [3.63, 3.8) is 0 Å². The molecule has 0 spiro atoms. The van der Waals surface area contributed by atoms with Crippen LogP contribution in [-0.2, 0) is 21.2 Å². The zero-order valence-corrected chi connectivity index (χ0v) is 14.4. The minimum Gasteiger partial charge on any atom is -0.496 e. The molecule has 0 bridgehead atoms. The first-order valence-corrected chi connectivity index (χ1v) is 9.58. The average Bonchev–Trinajstić information content (AvgIpc) is 2.53. The second-order valence-electron chi connectivity index (χ2n) is 5.90. The van der Waals surface area contributed by atoms with E-state index in [1.165, 1.54) is 10.6 Å².